The molecule has 0 aromatic heterocycles. The first kappa shape index (κ1) is 12.3. The van der Waals surface area contributed by atoms with E-state index in [1.54, 1.807) is 0 Å². The summed E-state index contributed by atoms with van der Waals surface area (Å²) in [5.41, 5.74) is 2.16. The molecule has 1 aliphatic heterocycles. The van der Waals surface area contributed by atoms with E-state index in [0.29, 0.717) is 11.1 Å². The zero-order valence-corrected chi connectivity index (χ0v) is 10.6. The molecule has 1 aromatic rings. The Bertz CT molecular complexity index is 568. The van der Waals surface area contributed by atoms with Crippen LogP contribution in [0.15, 0.2) is 17.7 Å². The lowest BCUT2D eigenvalue weighted by molar-refractivity contribution is -0.110. The molecule has 1 fully saturated rings. The van der Waals surface area contributed by atoms with Gasteiger partial charge in [0, 0.05) is 11.1 Å². The minimum Gasteiger partial charge on any atom is -0.319 e. The van der Waals surface area contributed by atoms with Gasteiger partial charge in [-0.05, 0) is 37.8 Å². The fourth-order valence-corrected chi connectivity index (χ4v) is 2.94. The predicted molar refractivity (Wildman–Crippen MR) is 69.6 cm³/mol. The second-order valence-corrected chi connectivity index (χ2v) is 5.13. The van der Waals surface area contributed by atoms with Gasteiger partial charge in [0.25, 0.3) is 5.91 Å². The van der Waals surface area contributed by atoms with Crippen LogP contribution in [0.25, 0.3) is 5.57 Å². The number of hydrogen-bond donors (Lipinski definition) is 1. The molecule has 1 aromatic carbocycles. The Balaban J connectivity index is 2.12. The molecule has 1 amide bonds. The van der Waals surface area contributed by atoms with Gasteiger partial charge >= 0.3 is 0 Å². The van der Waals surface area contributed by atoms with E-state index >= 15 is 0 Å². The fraction of sp³-hybridized carbons (Fsp3) is 0.400. The number of anilines is 1. The normalized spacial score (nSPS) is 19.2. The summed E-state index contributed by atoms with van der Waals surface area (Å²) in [6, 6.07) is 2.59. The van der Waals surface area contributed by atoms with E-state index in [4.69, 9.17) is 0 Å². The molecule has 1 heterocycles. The van der Waals surface area contributed by atoms with E-state index in [2.05, 4.69) is 5.32 Å². The van der Waals surface area contributed by atoms with E-state index in [0.717, 1.165) is 37.3 Å². The average Bonchev–Trinajstić information content (AvgIpc) is 2.59. The van der Waals surface area contributed by atoms with Gasteiger partial charge in [0.05, 0.1) is 5.69 Å². The lowest BCUT2D eigenvalue weighted by Crippen LogP contribution is -2.06. The number of halogens is 2. The van der Waals surface area contributed by atoms with Gasteiger partial charge in [-0.25, -0.2) is 8.78 Å². The molecule has 4 heteroatoms. The zero-order valence-electron chi connectivity index (χ0n) is 10.6. The average molecular weight is 263 g/mol. The Morgan fingerprint density at radius 2 is 1.68 bits per heavy atom. The maximum absolute atomic E-state index is 13.7. The van der Waals surface area contributed by atoms with Crippen LogP contribution in [-0.2, 0) is 4.79 Å². The fourth-order valence-electron chi connectivity index (χ4n) is 2.94. The Hall–Kier alpha value is -1.71. The first-order chi connectivity index (χ1) is 9.18. The molecule has 100 valence electrons. The van der Waals surface area contributed by atoms with Crippen LogP contribution >= 0.6 is 0 Å². The van der Waals surface area contributed by atoms with Crippen LogP contribution in [0, 0.1) is 11.6 Å². The van der Waals surface area contributed by atoms with Crippen LogP contribution in [0.1, 0.15) is 44.1 Å². The number of rotatable bonds is 0. The summed E-state index contributed by atoms with van der Waals surface area (Å²) in [4.78, 5) is 12.0. The van der Waals surface area contributed by atoms with Gasteiger partial charge in [-0.1, -0.05) is 18.4 Å². The van der Waals surface area contributed by atoms with Gasteiger partial charge in [-0.15, -0.1) is 0 Å². The van der Waals surface area contributed by atoms with E-state index in [9.17, 15) is 13.6 Å². The topological polar surface area (TPSA) is 29.1 Å². The summed E-state index contributed by atoms with van der Waals surface area (Å²) in [7, 11) is 0. The molecular weight excluding hydrogens is 248 g/mol. The standard InChI is InChI=1S/C15H15F2NO/c16-11-8-7-10-12(9-5-3-1-2-4-6-9)15(19)18-14(10)13(11)17/h7-8H,1-6H2,(H,18,19). The van der Waals surface area contributed by atoms with E-state index in [1.807, 2.05) is 0 Å². The highest BCUT2D eigenvalue weighted by atomic mass is 19.2. The number of benzene rings is 1. The molecule has 0 unspecified atom stereocenters. The maximum atomic E-state index is 13.7. The molecule has 1 N–H and O–H groups in total. The molecular formula is C15H15F2NO. The monoisotopic (exact) mass is 263 g/mol. The number of carbonyl (C=O) groups is 1. The van der Waals surface area contributed by atoms with Gasteiger partial charge in [0.2, 0.25) is 0 Å². The maximum Gasteiger partial charge on any atom is 0.256 e. The van der Waals surface area contributed by atoms with Crippen molar-refractivity contribution in [2.75, 3.05) is 5.32 Å². The Labute approximate surface area is 110 Å². The van der Waals surface area contributed by atoms with Crippen LogP contribution in [0.4, 0.5) is 14.5 Å². The van der Waals surface area contributed by atoms with Crippen molar-refractivity contribution in [1.82, 2.24) is 0 Å². The van der Waals surface area contributed by atoms with Crippen molar-refractivity contribution in [3.05, 3.63) is 34.9 Å². The first-order valence-electron chi connectivity index (χ1n) is 6.70. The van der Waals surface area contributed by atoms with E-state index in [1.165, 1.54) is 18.9 Å². The molecule has 2 aliphatic rings. The largest absolute Gasteiger partial charge is 0.319 e. The molecule has 0 saturated heterocycles. The minimum absolute atomic E-state index is 0.00301. The zero-order chi connectivity index (χ0) is 13.4. The summed E-state index contributed by atoms with van der Waals surface area (Å²) in [5.74, 6) is -2.18. The number of nitrogens with one attached hydrogen (secondary N) is 1. The van der Waals surface area contributed by atoms with Crippen molar-refractivity contribution < 1.29 is 13.6 Å². The second kappa shape index (κ2) is 4.76. The number of amides is 1. The van der Waals surface area contributed by atoms with Crippen LogP contribution in [0.2, 0.25) is 0 Å². The van der Waals surface area contributed by atoms with Crippen molar-refractivity contribution in [1.29, 1.82) is 0 Å². The lowest BCUT2D eigenvalue weighted by Gasteiger charge is -2.07. The van der Waals surface area contributed by atoms with Crippen molar-refractivity contribution in [3.63, 3.8) is 0 Å². The molecule has 1 aliphatic carbocycles. The highest BCUT2D eigenvalue weighted by Gasteiger charge is 2.30. The third kappa shape index (κ3) is 2.05. The number of hydrogen-bond acceptors (Lipinski definition) is 1. The van der Waals surface area contributed by atoms with Gasteiger partial charge in [-0.3, -0.25) is 4.79 Å². The van der Waals surface area contributed by atoms with Crippen LogP contribution in [-0.4, -0.2) is 5.91 Å². The number of fused-ring (bicyclic) bond motifs is 1. The van der Waals surface area contributed by atoms with E-state index in [-0.39, 0.29) is 11.6 Å². The molecule has 1 saturated carbocycles. The summed E-state index contributed by atoms with van der Waals surface area (Å²) in [6.07, 6.45) is 6.21. The van der Waals surface area contributed by atoms with Gasteiger partial charge < -0.3 is 5.32 Å². The van der Waals surface area contributed by atoms with Crippen LogP contribution in [0.5, 0.6) is 0 Å². The van der Waals surface area contributed by atoms with Crippen LogP contribution in [0.3, 0.4) is 0 Å². The first-order valence-corrected chi connectivity index (χ1v) is 6.70. The summed E-state index contributed by atoms with van der Waals surface area (Å²) >= 11 is 0. The second-order valence-electron chi connectivity index (χ2n) is 5.13. The lowest BCUT2D eigenvalue weighted by atomic mass is 9.96. The summed E-state index contributed by atoms with van der Waals surface area (Å²) < 4.78 is 26.9. The Morgan fingerprint density at radius 3 is 2.37 bits per heavy atom. The van der Waals surface area contributed by atoms with E-state index < -0.39 is 11.6 Å². The van der Waals surface area contributed by atoms with Gasteiger partial charge in [0.1, 0.15) is 0 Å². The predicted octanol–water partition coefficient (Wildman–Crippen LogP) is 4.02. The molecule has 19 heavy (non-hydrogen) atoms. The quantitative estimate of drug-likeness (QED) is 0.556. The molecule has 2 nitrogen and oxygen atoms in total. The van der Waals surface area contributed by atoms with Gasteiger partial charge in [-0.2, -0.15) is 0 Å². The molecule has 0 spiro atoms. The highest BCUT2D eigenvalue weighted by Crippen LogP contribution is 2.39. The summed E-state index contributed by atoms with van der Waals surface area (Å²) in [5, 5.41) is 2.46. The number of carbonyl (C=O) groups excluding carboxylic acids is 1. The Morgan fingerprint density at radius 1 is 1.00 bits per heavy atom. The highest BCUT2D eigenvalue weighted by molar-refractivity contribution is 6.32. The summed E-state index contributed by atoms with van der Waals surface area (Å²) in [6.45, 7) is 0. The third-order valence-corrected chi connectivity index (χ3v) is 3.89. The molecule has 3 rings (SSSR count). The minimum atomic E-state index is -0.963. The van der Waals surface area contributed by atoms with Crippen molar-refractivity contribution in [2.24, 2.45) is 0 Å². The Kier molecular flexibility index (Phi) is 3.09. The number of allylic oxidation sites excluding steroid dienone is 1. The van der Waals surface area contributed by atoms with Gasteiger partial charge in [0.15, 0.2) is 11.6 Å². The van der Waals surface area contributed by atoms with Crippen molar-refractivity contribution in [2.45, 2.75) is 38.5 Å². The SMILES string of the molecule is O=C1Nc2c(ccc(F)c2F)C1=C1CCCCCC1. The molecule has 0 bridgehead atoms. The third-order valence-electron chi connectivity index (χ3n) is 3.89. The van der Waals surface area contributed by atoms with Crippen LogP contribution < -0.4 is 5.32 Å². The van der Waals surface area contributed by atoms with Crippen molar-refractivity contribution >= 4 is 17.2 Å². The molecule has 0 atom stereocenters. The van der Waals surface area contributed by atoms with Crippen molar-refractivity contribution in [3.8, 4) is 0 Å². The molecule has 0 radical (unpaired) electrons. The smallest absolute Gasteiger partial charge is 0.256 e.